The minimum Gasteiger partial charge on any atom is -0.455 e. The van der Waals surface area contributed by atoms with Gasteiger partial charge in [0.05, 0.1) is 23.3 Å². The Morgan fingerprint density at radius 3 is 2.19 bits per heavy atom. The summed E-state index contributed by atoms with van der Waals surface area (Å²) < 4.78 is 94.8. The van der Waals surface area contributed by atoms with Crippen molar-refractivity contribution in [1.82, 2.24) is 9.62 Å². The van der Waals surface area contributed by atoms with Crippen LogP contribution in [0.1, 0.15) is 33.0 Å². The van der Waals surface area contributed by atoms with Crippen LogP contribution in [0, 0.1) is 6.92 Å². The normalized spacial score (nSPS) is 12.2. The van der Waals surface area contributed by atoms with Crippen LogP contribution in [0.15, 0.2) is 106 Å². The predicted molar refractivity (Wildman–Crippen MR) is 173 cm³/mol. The largest absolute Gasteiger partial charge is 0.455 e. The van der Waals surface area contributed by atoms with Gasteiger partial charge >= 0.3 is 6.18 Å². The highest BCUT2D eigenvalue weighted by molar-refractivity contribution is 7.92. The molecule has 4 aromatic carbocycles. The van der Waals surface area contributed by atoms with E-state index >= 15 is 0 Å². The number of furan rings is 1. The second-order valence-electron chi connectivity index (χ2n) is 11.2. The van der Waals surface area contributed by atoms with Crippen LogP contribution in [0.25, 0.3) is 21.9 Å². The summed E-state index contributed by atoms with van der Waals surface area (Å²) in [6, 6.07) is 25.6. The number of carbonyl (C=O) groups is 2. The van der Waals surface area contributed by atoms with Crippen LogP contribution in [-0.4, -0.2) is 45.6 Å². The molecule has 9 nitrogen and oxygen atoms in total. The Balaban J connectivity index is 1.43. The lowest BCUT2D eigenvalue weighted by Crippen LogP contribution is -2.34. The zero-order chi connectivity index (χ0) is 34.9. The van der Waals surface area contributed by atoms with E-state index in [0.717, 1.165) is 17.7 Å². The number of sulfone groups is 1. The minimum atomic E-state index is -4.69. The fourth-order valence-electron chi connectivity index (χ4n) is 5.21. The van der Waals surface area contributed by atoms with E-state index < -0.39 is 49.4 Å². The van der Waals surface area contributed by atoms with Crippen LogP contribution in [0.4, 0.5) is 13.2 Å². The number of rotatable bonds is 10. The van der Waals surface area contributed by atoms with Gasteiger partial charge in [-0.25, -0.2) is 16.8 Å². The van der Waals surface area contributed by atoms with E-state index in [1.165, 1.54) is 29.2 Å². The van der Waals surface area contributed by atoms with Crippen molar-refractivity contribution in [2.24, 2.45) is 0 Å². The predicted octanol–water partition coefficient (Wildman–Crippen LogP) is 6.12. The third-order valence-electron chi connectivity index (χ3n) is 7.40. The number of amides is 2. The quantitative estimate of drug-likeness (QED) is 0.186. The molecule has 14 heteroatoms. The number of sulfonamides is 1. The van der Waals surface area contributed by atoms with Crippen LogP contribution in [0.2, 0.25) is 0 Å². The summed E-state index contributed by atoms with van der Waals surface area (Å²) in [6.07, 6.45) is -3.95. The third-order valence-corrected chi connectivity index (χ3v) is 9.61. The lowest BCUT2D eigenvalue weighted by atomic mass is 9.98. The number of fused-ring (bicyclic) bond motifs is 1. The molecule has 250 valence electrons. The SMILES string of the molecule is Cc1ccc2ccccc2c1C(=O)N(Cc1ccc(-c2cccc(S(=O)(=O)CC(=O)NS(C)(=O)=O)c2)cc1)Cc1ccc(C(F)(F)F)o1. The van der Waals surface area contributed by atoms with E-state index in [1.54, 1.807) is 48.0 Å². The van der Waals surface area contributed by atoms with Crippen molar-refractivity contribution in [1.29, 1.82) is 0 Å². The van der Waals surface area contributed by atoms with Gasteiger partial charge in [0.15, 0.2) is 9.84 Å². The van der Waals surface area contributed by atoms with E-state index in [4.69, 9.17) is 4.42 Å². The number of benzene rings is 4. The molecule has 0 bridgehead atoms. The Hall–Kier alpha value is -4.95. The fourth-order valence-corrected chi connectivity index (χ4v) is 6.96. The molecule has 0 saturated carbocycles. The number of carbonyl (C=O) groups excluding carboxylic acids is 2. The third kappa shape index (κ3) is 8.12. The number of hydrogen-bond acceptors (Lipinski definition) is 7. The molecule has 0 spiro atoms. The highest BCUT2D eigenvalue weighted by Crippen LogP contribution is 2.32. The Morgan fingerprint density at radius 2 is 1.52 bits per heavy atom. The second kappa shape index (κ2) is 13.3. The summed E-state index contributed by atoms with van der Waals surface area (Å²) >= 11 is 0. The molecule has 2 amide bonds. The molecule has 48 heavy (non-hydrogen) atoms. The van der Waals surface area contributed by atoms with Gasteiger partial charge in [-0.3, -0.25) is 14.3 Å². The van der Waals surface area contributed by atoms with E-state index in [0.29, 0.717) is 33.2 Å². The molecule has 1 aromatic heterocycles. The summed E-state index contributed by atoms with van der Waals surface area (Å²) in [5.74, 6) is -3.88. The number of alkyl halides is 3. The Morgan fingerprint density at radius 1 is 0.812 bits per heavy atom. The lowest BCUT2D eigenvalue weighted by molar-refractivity contribution is -0.153. The van der Waals surface area contributed by atoms with Gasteiger partial charge < -0.3 is 9.32 Å². The van der Waals surface area contributed by atoms with Crippen molar-refractivity contribution in [3.8, 4) is 11.1 Å². The van der Waals surface area contributed by atoms with Crippen molar-refractivity contribution >= 4 is 42.4 Å². The molecule has 0 aliphatic carbocycles. The summed E-state index contributed by atoms with van der Waals surface area (Å²) in [7, 11) is -8.12. The zero-order valence-corrected chi connectivity index (χ0v) is 27.2. The molecule has 0 radical (unpaired) electrons. The standard InChI is InChI=1S/C34H29F3N2O7S2/c1-22-10-13-25-6-3-4-9-29(25)32(22)33(41)39(20-27-16-17-30(46-27)34(35,36)37)19-23-11-14-24(15-12-23)26-7-5-8-28(18-26)48(44,45)21-31(40)38-47(2,42)43/h3-18H,19-21H2,1-2H3,(H,38,40). The van der Waals surface area contributed by atoms with Crippen molar-refractivity contribution in [2.45, 2.75) is 31.1 Å². The second-order valence-corrected chi connectivity index (χ2v) is 14.9. The molecular weight excluding hydrogens is 670 g/mol. The molecule has 0 unspecified atom stereocenters. The maximum atomic E-state index is 14.1. The molecule has 0 fully saturated rings. The summed E-state index contributed by atoms with van der Waals surface area (Å²) in [5, 5.41) is 1.52. The van der Waals surface area contributed by atoms with Gasteiger partial charge in [-0.2, -0.15) is 13.2 Å². The number of aryl methyl sites for hydroxylation is 1. The van der Waals surface area contributed by atoms with Crippen LogP contribution < -0.4 is 4.72 Å². The molecule has 0 saturated heterocycles. The maximum Gasteiger partial charge on any atom is 0.449 e. The molecule has 5 aromatic rings. The minimum absolute atomic E-state index is 0.00763. The molecule has 0 atom stereocenters. The van der Waals surface area contributed by atoms with Crippen LogP contribution >= 0.6 is 0 Å². The van der Waals surface area contributed by atoms with E-state index in [9.17, 15) is 39.6 Å². The number of nitrogens with one attached hydrogen (secondary N) is 1. The Labute approximate surface area is 275 Å². The van der Waals surface area contributed by atoms with E-state index in [1.807, 2.05) is 30.3 Å². The zero-order valence-electron chi connectivity index (χ0n) is 25.6. The van der Waals surface area contributed by atoms with Crippen LogP contribution in [0.5, 0.6) is 0 Å². The van der Waals surface area contributed by atoms with Gasteiger partial charge in [0.25, 0.3) is 5.91 Å². The van der Waals surface area contributed by atoms with E-state index in [2.05, 4.69) is 0 Å². The lowest BCUT2D eigenvalue weighted by Gasteiger charge is -2.24. The number of nitrogens with zero attached hydrogens (tertiary/aromatic N) is 1. The van der Waals surface area contributed by atoms with Crippen molar-refractivity contribution in [2.75, 3.05) is 12.0 Å². The Kier molecular flexibility index (Phi) is 9.51. The van der Waals surface area contributed by atoms with Gasteiger partial charge in [0.2, 0.25) is 21.7 Å². The topological polar surface area (TPSA) is 131 Å². The van der Waals surface area contributed by atoms with Crippen molar-refractivity contribution in [3.63, 3.8) is 0 Å². The van der Waals surface area contributed by atoms with Crippen LogP contribution in [0.3, 0.4) is 0 Å². The molecule has 1 heterocycles. The molecular formula is C34H29F3N2O7S2. The van der Waals surface area contributed by atoms with Gasteiger partial charge in [-0.05, 0) is 64.2 Å². The van der Waals surface area contributed by atoms with Crippen molar-refractivity contribution < 1.29 is 44.0 Å². The first-order valence-electron chi connectivity index (χ1n) is 14.4. The Bertz CT molecular complexity index is 2230. The summed E-state index contributed by atoms with van der Waals surface area (Å²) in [4.78, 5) is 27.3. The first-order chi connectivity index (χ1) is 22.5. The summed E-state index contributed by atoms with van der Waals surface area (Å²) in [6.45, 7) is 1.55. The average molecular weight is 699 g/mol. The number of halogens is 3. The van der Waals surface area contributed by atoms with Gasteiger partial charge in [-0.15, -0.1) is 0 Å². The first kappa shape index (κ1) is 34.4. The number of hydrogen-bond donors (Lipinski definition) is 1. The fraction of sp³-hybridized carbons (Fsp3) is 0.176. The van der Waals surface area contributed by atoms with Crippen LogP contribution in [-0.2, 0) is 43.9 Å². The van der Waals surface area contributed by atoms with Gasteiger partial charge in [0.1, 0.15) is 11.5 Å². The monoisotopic (exact) mass is 698 g/mol. The van der Waals surface area contributed by atoms with Gasteiger partial charge in [0, 0.05) is 6.54 Å². The molecule has 0 aliphatic heterocycles. The smallest absolute Gasteiger partial charge is 0.449 e. The maximum absolute atomic E-state index is 14.1. The molecule has 5 rings (SSSR count). The van der Waals surface area contributed by atoms with Gasteiger partial charge in [-0.1, -0.05) is 72.8 Å². The molecule has 1 N–H and O–H groups in total. The molecule has 0 aliphatic rings. The highest BCUT2D eigenvalue weighted by Gasteiger charge is 2.35. The van der Waals surface area contributed by atoms with Crippen molar-refractivity contribution in [3.05, 3.63) is 125 Å². The highest BCUT2D eigenvalue weighted by atomic mass is 32.2. The summed E-state index contributed by atoms with van der Waals surface area (Å²) in [5.41, 5.74) is 2.82. The first-order valence-corrected chi connectivity index (χ1v) is 17.9. The average Bonchev–Trinajstić information content (AvgIpc) is 3.49. The van der Waals surface area contributed by atoms with E-state index in [-0.39, 0.29) is 23.7 Å².